The molecule has 0 aromatic heterocycles. The lowest BCUT2D eigenvalue weighted by atomic mass is 10.0. The van der Waals surface area contributed by atoms with Gasteiger partial charge < -0.3 is 14.2 Å². The van der Waals surface area contributed by atoms with Crippen molar-refractivity contribution in [2.24, 2.45) is 0 Å². The molecular formula is C24H23BrO4. The molecule has 0 fully saturated rings. The van der Waals surface area contributed by atoms with E-state index in [9.17, 15) is 4.79 Å². The Morgan fingerprint density at radius 3 is 2.28 bits per heavy atom. The van der Waals surface area contributed by atoms with E-state index >= 15 is 0 Å². The summed E-state index contributed by atoms with van der Waals surface area (Å²) < 4.78 is 17.9. The minimum atomic E-state index is -0.416. The first kappa shape index (κ1) is 20.9. The van der Waals surface area contributed by atoms with Gasteiger partial charge in [-0.1, -0.05) is 54.0 Å². The average molecular weight is 455 g/mol. The van der Waals surface area contributed by atoms with Crippen LogP contribution in [-0.2, 0) is 0 Å². The van der Waals surface area contributed by atoms with Gasteiger partial charge >= 0.3 is 5.97 Å². The van der Waals surface area contributed by atoms with Crippen LogP contribution in [0.5, 0.6) is 17.2 Å². The van der Waals surface area contributed by atoms with E-state index in [1.807, 2.05) is 42.5 Å². The highest BCUT2D eigenvalue weighted by molar-refractivity contribution is 9.10. The molecule has 0 aliphatic heterocycles. The number of hydrogen-bond donors (Lipinski definition) is 0. The van der Waals surface area contributed by atoms with E-state index in [4.69, 9.17) is 14.2 Å². The molecule has 0 bridgehead atoms. The standard InChI is InChI=1S/C24H23BrO4/c1-17(2)22-16-19(25)11-12-23(22)29-24(26)18-7-6-10-21(15-18)28-14-13-27-20-8-4-3-5-9-20/h3-12,15-17H,13-14H2,1-2H3. The summed E-state index contributed by atoms with van der Waals surface area (Å²) in [6.07, 6.45) is 0. The molecule has 0 saturated heterocycles. The smallest absolute Gasteiger partial charge is 0.343 e. The maximum absolute atomic E-state index is 12.6. The Hall–Kier alpha value is -2.79. The Morgan fingerprint density at radius 1 is 0.862 bits per heavy atom. The van der Waals surface area contributed by atoms with Crippen LogP contribution in [0, 0.1) is 0 Å². The lowest BCUT2D eigenvalue weighted by Gasteiger charge is -2.14. The molecule has 0 aliphatic rings. The summed E-state index contributed by atoms with van der Waals surface area (Å²) in [6.45, 7) is 4.91. The number of ether oxygens (including phenoxy) is 3. The van der Waals surface area contributed by atoms with Crippen molar-refractivity contribution in [3.05, 3.63) is 88.4 Å². The van der Waals surface area contributed by atoms with E-state index in [1.165, 1.54) is 0 Å². The normalized spacial score (nSPS) is 10.6. The Bertz CT molecular complexity index is 954. The molecule has 29 heavy (non-hydrogen) atoms. The zero-order valence-electron chi connectivity index (χ0n) is 16.4. The van der Waals surface area contributed by atoms with Crippen molar-refractivity contribution in [1.82, 2.24) is 0 Å². The average Bonchev–Trinajstić information content (AvgIpc) is 2.73. The maximum Gasteiger partial charge on any atom is 0.343 e. The van der Waals surface area contributed by atoms with Gasteiger partial charge in [-0.05, 0) is 60.0 Å². The summed E-state index contributed by atoms with van der Waals surface area (Å²) >= 11 is 3.46. The van der Waals surface area contributed by atoms with E-state index < -0.39 is 5.97 Å². The summed E-state index contributed by atoms with van der Waals surface area (Å²) in [5.41, 5.74) is 1.40. The second-order valence-electron chi connectivity index (χ2n) is 6.76. The number of hydrogen-bond acceptors (Lipinski definition) is 4. The highest BCUT2D eigenvalue weighted by Gasteiger charge is 2.15. The van der Waals surface area contributed by atoms with Crippen molar-refractivity contribution in [2.75, 3.05) is 13.2 Å². The lowest BCUT2D eigenvalue weighted by Crippen LogP contribution is -2.12. The van der Waals surface area contributed by atoms with Crippen LogP contribution in [0.25, 0.3) is 0 Å². The van der Waals surface area contributed by atoms with Crippen LogP contribution in [0.4, 0.5) is 0 Å². The molecular weight excluding hydrogens is 432 g/mol. The van der Waals surface area contributed by atoms with Crippen molar-refractivity contribution >= 4 is 21.9 Å². The van der Waals surface area contributed by atoms with Crippen LogP contribution in [-0.4, -0.2) is 19.2 Å². The minimum absolute atomic E-state index is 0.231. The first-order valence-corrected chi connectivity index (χ1v) is 10.2. The van der Waals surface area contributed by atoms with Gasteiger partial charge in [0, 0.05) is 4.47 Å². The zero-order chi connectivity index (χ0) is 20.6. The second kappa shape index (κ2) is 10.1. The Kier molecular flexibility index (Phi) is 7.30. The van der Waals surface area contributed by atoms with Gasteiger partial charge in [0.15, 0.2) is 0 Å². The molecule has 0 unspecified atom stereocenters. The fourth-order valence-electron chi connectivity index (χ4n) is 2.77. The molecule has 0 amide bonds. The molecule has 0 atom stereocenters. The zero-order valence-corrected chi connectivity index (χ0v) is 18.0. The summed E-state index contributed by atoms with van der Waals surface area (Å²) in [6, 6.07) is 22.2. The quantitative estimate of drug-likeness (QED) is 0.229. The molecule has 150 valence electrons. The molecule has 0 saturated carbocycles. The number of carbonyl (C=O) groups excluding carboxylic acids is 1. The third-order valence-corrected chi connectivity index (χ3v) is 4.72. The molecule has 4 nitrogen and oxygen atoms in total. The predicted octanol–water partition coefficient (Wildman–Crippen LogP) is 6.25. The van der Waals surface area contributed by atoms with Crippen molar-refractivity contribution < 1.29 is 19.0 Å². The monoisotopic (exact) mass is 454 g/mol. The van der Waals surface area contributed by atoms with Gasteiger partial charge in [0.25, 0.3) is 0 Å². The summed E-state index contributed by atoms with van der Waals surface area (Å²) in [5.74, 6) is 1.77. The Labute approximate surface area is 179 Å². The van der Waals surface area contributed by atoms with E-state index in [2.05, 4.69) is 29.8 Å². The molecule has 0 N–H and O–H groups in total. The largest absolute Gasteiger partial charge is 0.490 e. The van der Waals surface area contributed by atoms with Crippen LogP contribution in [0.3, 0.4) is 0 Å². The van der Waals surface area contributed by atoms with Gasteiger partial charge in [-0.25, -0.2) is 4.79 Å². The number of esters is 1. The van der Waals surface area contributed by atoms with Crippen molar-refractivity contribution in [2.45, 2.75) is 19.8 Å². The van der Waals surface area contributed by atoms with Crippen LogP contribution in [0.1, 0.15) is 35.7 Å². The molecule has 0 aliphatic carbocycles. The molecule has 0 radical (unpaired) electrons. The minimum Gasteiger partial charge on any atom is -0.490 e. The van der Waals surface area contributed by atoms with Gasteiger partial charge in [-0.2, -0.15) is 0 Å². The number of rotatable bonds is 8. The predicted molar refractivity (Wildman–Crippen MR) is 117 cm³/mol. The molecule has 3 aromatic carbocycles. The van der Waals surface area contributed by atoms with Crippen LogP contribution in [0.2, 0.25) is 0 Å². The van der Waals surface area contributed by atoms with Gasteiger partial charge in [0.1, 0.15) is 30.5 Å². The van der Waals surface area contributed by atoms with Crippen LogP contribution in [0.15, 0.2) is 77.3 Å². The van der Waals surface area contributed by atoms with E-state index in [1.54, 1.807) is 30.3 Å². The molecule has 0 heterocycles. The SMILES string of the molecule is CC(C)c1cc(Br)ccc1OC(=O)c1cccc(OCCOc2ccccc2)c1. The summed E-state index contributed by atoms with van der Waals surface area (Å²) in [5, 5.41) is 0. The number of para-hydroxylation sites is 1. The third-order valence-electron chi connectivity index (χ3n) is 4.23. The molecule has 3 aromatic rings. The maximum atomic E-state index is 12.6. The van der Waals surface area contributed by atoms with Crippen molar-refractivity contribution in [1.29, 1.82) is 0 Å². The van der Waals surface area contributed by atoms with E-state index in [-0.39, 0.29) is 5.92 Å². The van der Waals surface area contributed by atoms with E-state index in [0.717, 1.165) is 15.8 Å². The fourth-order valence-corrected chi connectivity index (χ4v) is 3.15. The highest BCUT2D eigenvalue weighted by Crippen LogP contribution is 2.30. The Morgan fingerprint density at radius 2 is 1.55 bits per heavy atom. The fraction of sp³-hybridized carbons (Fsp3) is 0.208. The van der Waals surface area contributed by atoms with E-state index in [0.29, 0.717) is 30.3 Å². The van der Waals surface area contributed by atoms with Gasteiger partial charge in [0.2, 0.25) is 0 Å². The second-order valence-corrected chi connectivity index (χ2v) is 7.68. The number of halogens is 1. The topological polar surface area (TPSA) is 44.8 Å². The summed E-state index contributed by atoms with van der Waals surface area (Å²) in [4.78, 5) is 12.6. The van der Waals surface area contributed by atoms with Gasteiger partial charge in [-0.3, -0.25) is 0 Å². The molecule has 5 heteroatoms. The first-order valence-electron chi connectivity index (χ1n) is 9.45. The Balaban J connectivity index is 1.59. The summed E-state index contributed by atoms with van der Waals surface area (Å²) in [7, 11) is 0. The van der Waals surface area contributed by atoms with Gasteiger partial charge in [0.05, 0.1) is 5.56 Å². The first-order chi connectivity index (χ1) is 14.0. The highest BCUT2D eigenvalue weighted by atomic mass is 79.9. The molecule has 0 spiro atoms. The lowest BCUT2D eigenvalue weighted by molar-refractivity contribution is 0.0732. The number of benzene rings is 3. The van der Waals surface area contributed by atoms with Gasteiger partial charge in [-0.15, -0.1) is 0 Å². The van der Waals surface area contributed by atoms with Crippen molar-refractivity contribution in [3.8, 4) is 17.2 Å². The van der Waals surface area contributed by atoms with Crippen LogP contribution < -0.4 is 14.2 Å². The molecule has 3 rings (SSSR count). The number of carbonyl (C=O) groups is 1. The van der Waals surface area contributed by atoms with Crippen LogP contribution >= 0.6 is 15.9 Å². The third kappa shape index (κ3) is 6.09. The van der Waals surface area contributed by atoms with Crippen molar-refractivity contribution in [3.63, 3.8) is 0 Å².